The quantitative estimate of drug-likeness (QED) is 0.380. The maximum absolute atomic E-state index is 13.9. The highest BCUT2D eigenvalue weighted by Crippen LogP contribution is 2.43. The number of aliphatic hydroxyl groups is 1. The van der Waals surface area contributed by atoms with Crippen molar-refractivity contribution >= 4 is 39.3 Å². The number of likely N-dealkylation sites (tertiary alicyclic amines) is 1. The van der Waals surface area contributed by atoms with Crippen molar-refractivity contribution in [2.24, 2.45) is 11.8 Å². The van der Waals surface area contributed by atoms with Gasteiger partial charge in [-0.1, -0.05) is 35.9 Å². The third kappa shape index (κ3) is 9.84. The first-order valence-electron chi connectivity index (χ1n) is 19.3. The molecule has 2 bridgehead atoms. The van der Waals surface area contributed by atoms with Crippen LogP contribution in [-0.2, 0) is 47.9 Å². The van der Waals surface area contributed by atoms with Crippen molar-refractivity contribution in [2.75, 3.05) is 79.0 Å². The molecule has 3 heterocycles. The first-order chi connectivity index (χ1) is 26.3. The van der Waals surface area contributed by atoms with E-state index in [1.54, 1.807) is 32.4 Å². The molecular weight excluding hydrogens is 746 g/mol. The number of amides is 2. The van der Waals surface area contributed by atoms with Gasteiger partial charge in [-0.25, -0.2) is 4.72 Å². The Labute approximate surface area is 330 Å². The van der Waals surface area contributed by atoms with Gasteiger partial charge >= 0.3 is 10.2 Å². The summed E-state index contributed by atoms with van der Waals surface area (Å²) in [5, 5.41) is 13.0. The second kappa shape index (κ2) is 17.9. The molecule has 0 aromatic heterocycles. The average molecular weight is 802 g/mol. The number of carbonyl (C=O) groups is 2. The molecule has 0 spiro atoms. The highest BCUT2D eigenvalue weighted by molar-refractivity contribution is 7.87. The molecule has 2 amide bonds. The van der Waals surface area contributed by atoms with Crippen LogP contribution in [0.2, 0.25) is 5.02 Å². The molecule has 4 aliphatic rings. The van der Waals surface area contributed by atoms with E-state index in [0.717, 1.165) is 67.2 Å². The normalized spacial score (nSPS) is 26.5. The smallest absolute Gasteiger partial charge is 0.303 e. The molecule has 13 nitrogen and oxygen atoms in total. The van der Waals surface area contributed by atoms with Crippen LogP contribution in [0.4, 0.5) is 5.69 Å². The predicted octanol–water partition coefficient (Wildman–Crippen LogP) is 3.72. The zero-order chi connectivity index (χ0) is 39.3. The Hall–Kier alpha value is -3.24. The van der Waals surface area contributed by atoms with Crippen LogP contribution in [0.5, 0.6) is 5.75 Å². The predicted molar refractivity (Wildman–Crippen MR) is 211 cm³/mol. The Bertz CT molecular complexity index is 1820. The van der Waals surface area contributed by atoms with Gasteiger partial charge in [-0.05, 0) is 91.3 Å². The van der Waals surface area contributed by atoms with Crippen molar-refractivity contribution in [2.45, 2.75) is 69.4 Å². The monoisotopic (exact) mass is 801 g/mol. The Kier molecular flexibility index (Phi) is 13.5. The number of hydrogen-bond donors (Lipinski definition) is 2. The third-order valence-electron chi connectivity index (χ3n) is 11.6. The number of carbonyl (C=O) groups excluding carboxylic acids is 2. The molecular formula is C40H56ClN5O8S. The third-order valence-corrected chi connectivity index (χ3v) is 13.3. The number of aryl methyl sites for hydroxylation is 1. The number of benzene rings is 2. The molecule has 1 saturated heterocycles. The topological polar surface area (TPSA) is 141 Å². The lowest BCUT2D eigenvalue weighted by Gasteiger charge is -2.44. The van der Waals surface area contributed by atoms with E-state index in [4.69, 9.17) is 25.8 Å². The van der Waals surface area contributed by atoms with Crippen molar-refractivity contribution < 1.29 is 37.3 Å². The fourth-order valence-electron chi connectivity index (χ4n) is 7.81. The molecule has 2 N–H and O–H groups in total. The van der Waals surface area contributed by atoms with Crippen LogP contribution in [-0.4, -0.2) is 126 Å². The van der Waals surface area contributed by atoms with Crippen molar-refractivity contribution in [3.8, 4) is 5.75 Å². The van der Waals surface area contributed by atoms with Gasteiger partial charge in [0.25, 0.3) is 5.91 Å². The maximum Gasteiger partial charge on any atom is 0.303 e. The molecule has 55 heavy (non-hydrogen) atoms. The fourth-order valence-corrected chi connectivity index (χ4v) is 8.59. The summed E-state index contributed by atoms with van der Waals surface area (Å²) >= 11 is 6.40. The zero-order valence-corrected chi connectivity index (χ0v) is 34.0. The number of nitrogens with zero attached hydrogens (tertiary/aromatic N) is 4. The molecule has 0 radical (unpaired) electrons. The summed E-state index contributed by atoms with van der Waals surface area (Å²) in [4.78, 5) is 33.7. The Morgan fingerprint density at radius 2 is 1.89 bits per heavy atom. The van der Waals surface area contributed by atoms with Gasteiger partial charge in [-0.15, -0.1) is 0 Å². The lowest BCUT2D eigenvalue weighted by Crippen LogP contribution is -2.53. The minimum Gasteiger partial charge on any atom is -0.487 e. The van der Waals surface area contributed by atoms with E-state index in [1.807, 2.05) is 22.9 Å². The van der Waals surface area contributed by atoms with E-state index in [1.165, 1.54) is 19.0 Å². The molecule has 2 fully saturated rings. The van der Waals surface area contributed by atoms with Crippen LogP contribution in [0.25, 0.3) is 0 Å². The minimum atomic E-state index is -4.30. The summed E-state index contributed by atoms with van der Waals surface area (Å²) < 4.78 is 47.2. The molecule has 3 aliphatic heterocycles. The number of halogens is 1. The number of methoxy groups -OCH3 is 1. The average Bonchev–Trinajstić information content (AvgIpc) is 3.14. The summed E-state index contributed by atoms with van der Waals surface area (Å²) in [6, 6.07) is 10.8. The molecule has 1 aliphatic carbocycles. The summed E-state index contributed by atoms with van der Waals surface area (Å²) in [6.07, 6.45) is 8.85. The standard InChI is InChI=1S/C40H56ClN5O8S/c1-43(2)55(50,51)42-39(48)40(49)23-38(47)44(3)17-7-6-10-36(53-20-19-45-25-33(26-45)52-4)34-15-12-29(34)24-46-18-8-5-9-28-21-32(41)14-11-30(28)27-54-37-16-13-31(40)22-35(37)46/h6,10-11,13-14,16,21-22,29,33-34,36,49H,5,7-9,12,15,17-20,23-27H2,1-4H3,(H,42,48)/b10-6+/t29-,34+,36-,40?/m0/s1. The SMILES string of the molecule is COC1CN(CCO[C@H]2/C=C/CCN(C)C(=O)CC(O)(C(=O)NS(=O)(=O)N(C)C)c3ccc4c(c3)N(CCCCc3cc(Cl)ccc3CO4)C[C@@H]3CC[C@H]32)C1. The van der Waals surface area contributed by atoms with Gasteiger partial charge < -0.3 is 29.1 Å². The zero-order valence-electron chi connectivity index (χ0n) is 32.4. The number of nitrogens with one attached hydrogen (secondary N) is 1. The molecule has 6 rings (SSSR count). The van der Waals surface area contributed by atoms with E-state index in [2.05, 4.69) is 22.0 Å². The molecule has 15 heteroatoms. The number of hydrogen-bond acceptors (Lipinski definition) is 10. The van der Waals surface area contributed by atoms with Crippen LogP contribution >= 0.6 is 11.6 Å². The van der Waals surface area contributed by atoms with Gasteiger partial charge in [0.2, 0.25) is 5.91 Å². The van der Waals surface area contributed by atoms with Gasteiger partial charge in [0.15, 0.2) is 5.60 Å². The lowest BCUT2D eigenvalue weighted by atomic mass is 9.70. The Balaban J connectivity index is 1.37. The summed E-state index contributed by atoms with van der Waals surface area (Å²) in [5.41, 5.74) is 0.378. The van der Waals surface area contributed by atoms with Crippen LogP contribution in [0.3, 0.4) is 0 Å². The van der Waals surface area contributed by atoms with E-state index in [0.29, 0.717) is 55.0 Å². The molecule has 2 aromatic carbocycles. The number of ether oxygens (including phenoxy) is 3. The summed E-state index contributed by atoms with van der Waals surface area (Å²) in [7, 11) is 1.62. The van der Waals surface area contributed by atoms with Crippen LogP contribution in [0, 0.1) is 11.8 Å². The molecule has 1 saturated carbocycles. The Morgan fingerprint density at radius 3 is 2.62 bits per heavy atom. The van der Waals surface area contributed by atoms with Crippen LogP contribution in [0.15, 0.2) is 48.6 Å². The second-order valence-electron chi connectivity index (χ2n) is 15.5. The molecule has 2 aromatic rings. The molecule has 1 unspecified atom stereocenters. The van der Waals surface area contributed by atoms with Crippen molar-refractivity contribution in [1.82, 2.24) is 18.8 Å². The first-order valence-corrected chi connectivity index (χ1v) is 21.1. The van der Waals surface area contributed by atoms with E-state index in [-0.39, 0.29) is 30.3 Å². The molecule has 302 valence electrons. The largest absolute Gasteiger partial charge is 0.487 e. The number of fused-ring (bicyclic) bond motifs is 3. The first kappa shape index (κ1) is 41.4. The van der Waals surface area contributed by atoms with E-state index >= 15 is 0 Å². The summed E-state index contributed by atoms with van der Waals surface area (Å²) in [6.45, 7) is 5.20. The Morgan fingerprint density at radius 1 is 1.09 bits per heavy atom. The lowest BCUT2D eigenvalue weighted by molar-refractivity contribution is -0.148. The van der Waals surface area contributed by atoms with E-state index < -0.39 is 34.0 Å². The van der Waals surface area contributed by atoms with Gasteiger partial charge in [0.1, 0.15) is 12.4 Å². The van der Waals surface area contributed by atoms with Gasteiger partial charge in [-0.2, -0.15) is 12.7 Å². The second-order valence-corrected chi connectivity index (χ2v) is 17.9. The van der Waals surface area contributed by atoms with Gasteiger partial charge in [-0.3, -0.25) is 14.5 Å². The van der Waals surface area contributed by atoms with Crippen molar-refractivity contribution in [3.63, 3.8) is 0 Å². The van der Waals surface area contributed by atoms with Crippen LogP contribution in [0.1, 0.15) is 55.2 Å². The van der Waals surface area contributed by atoms with Crippen LogP contribution < -0.4 is 14.4 Å². The summed E-state index contributed by atoms with van der Waals surface area (Å²) in [5.74, 6) is -0.626. The fraction of sp³-hybridized carbons (Fsp3) is 0.600. The number of rotatable bonds is 8. The van der Waals surface area contributed by atoms with Gasteiger partial charge in [0.05, 0.1) is 30.9 Å². The maximum atomic E-state index is 13.9. The number of anilines is 1. The molecule has 4 atom stereocenters. The van der Waals surface area contributed by atoms with Crippen molar-refractivity contribution in [1.29, 1.82) is 0 Å². The minimum absolute atomic E-state index is 0.0927. The highest BCUT2D eigenvalue weighted by Gasteiger charge is 2.44. The van der Waals surface area contributed by atoms with Gasteiger partial charge in [0, 0.05) is 72.5 Å². The van der Waals surface area contributed by atoms with Crippen molar-refractivity contribution in [3.05, 3.63) is 70.3 Å². The van der Waals surface area contributed by atoms with E-state index in [9.17, 15) is 23.1 Å². The highest BCUT2D eigenvalue weighted by atomic mass is 35.5.